The molecule has 1 unspecified atom stereocenters. The minimum Gasteiger partial charge on any atom is -0.465 e. The Kier molecular flexibility index (Phi) is 5.37. The molecule has 0 saturated heterocycles. The lowest BCUT2D eigenvalue weighted by Gasteiger charge is -2.14. The fourth-order valence-corrected chi connectivity index (χ4v) is 2.83. The van der Waals surface area contributed by atoms with Gasteiger partial charge in [-0.05, 0) is 25.3 Å². The molecule has 0 radical (unpaired) electrons. The molecule has 5 nitrogen and oxygen atoms in total. The molecule has 0 saturated carbocycles. The first kappa shape index (κ1) is 15.5. The maximum Gasteiger partial charge on any atom is 0.323 e. The van der Waals surface area contributed by atoms with Crippen LogP contribution >= 0.6 is 8.18 Å². The average Bonchev–Trinajstić information content (AvgIpc) is 2.47. The molecule has 0 fully saturated rings. The van der Waals surface area contributed by atoms with Gasteiger partial charge >= 0.3 is 14.1 Å². The van der Waals surface area contributed by atoms with Gasteiger partial charge in [0.05, 0.1) is 6.61 Å². The first-order valence-electron chi connectivity index (χ1n) is 6.74. The smallest absolute Gasteiger partial charge is 0.323 e. The van der Waals surface area contributed by atoms with Gasteiger partial charge in [-0.25, -0.2) is 5.09 Å². The molecular weight excluding hydrogens is 289 g/mol. The van der Waals surface area contributed by atoms with Crippen LogP contribution in [0.5, 0.6) is 5.75 Å². The van der Waals surface area contributed by atoms with Gasteiger partial charge in [-0.2, -0.15) is 0 Å². The number of carbonyl (C=O) groups excluding carboxylic acids is 1. The zero-order valence-electron chi connectivity index (χ0n) is 12.0. The van der Waals surface area contributed by atoms with Crippen LogP contribution in [0.2, 0.25) is 0 Å². The van der Waals surface area contributed by atoms with Crippen molar-refractivity contribution in [2.24, 2.45) is 0 Å². The summed E-state index contributed by atoms with van der Waals surface area (Å²) in [7, 11) is -2.59. The molecule has 6 heteroatoms. The third kappa shape index (κ3) is 4.06. The Balaban J connectivity index is 2.06. The standard InChI is InChI=1S/C15H18NO4P/c1-3-19-15(17)11(2)16-21(18)20-14-10-6-8-12-7-4-5-9-13(12)14/h4-11,21H,3H2,1-2H3,(H,16,18)/t11-/m0/s1. The van der Waals surface area contributed by atoms with E-state index in [1.807, 2.05) is 36.4 Å². The predicted molar refractivity (Wildman–Crippen MR) is 82.8 cm³/mol. The zero-order chi connectivity index (χ0) is 15.2. The molecule has 0 amide bonds. The summed E-state index contributed by atoms with van der Waals surface area (Å²) in [6.07, 6.45) is 0. The highest BCUT2D eigenvalue weighted by atomic mass is 31.1. The number of fused-ring (bicyclic) bond motifs is 1. The van der Waals surface area contributed by atoms with Crippen LogP contribution in [0.3, 0.4) is 0 Å². The fourth-order valence-electron chi connectivity index (χ4n) is 1.92. The van der Waals surface area contributed by atoms with Gasteiger partial charge in [0.1, 0.15) is 11.8 Å². The van der Waals surface area contributed by atoms with Crippen molar-refractivity contribution in [2.75, 3.05) is 6.61 Å². The Morgan fingerprint density at radius 1 is 1.24 bits per heavy atom. The van der Waals surface area contributed by atoms with Crippen molar-refractivity contribution in [1.82, 2.24) is 5.09 Å². The van der Waals surface area contributed by atoms with Crippen LogP contribution in [0.25, 0.3) is 10.8 Å². The van der Waals surface area contributed by atoms with Crippen LogP contribution < -0.4 is 9.61 Å². The third-order valence-electron chi connectivity index (χ3n) is 2.93. The van der Waals surface area contributed by atoms with Crippen LogP contribution in [-0.2, 0) is 14.1 Å². The fraction of sp³-hybridized carbons (Fsp3) is 0.267. The lowest BCUT2D eigenvalue weighted by Crippen LogP contribution is -2.31. The van der Waals surface area contributed by atoms with Crippen LogP contribution in [0, 0.1) is 0 Å². The Bertz CT molecular complexity index is 654. The van der Waals surface area contributed by atoms with Gasteiger partial charge in [0.2, 0.25) is 0 Å². The minimum atomic E-state index is -2.59. The summed E-state index contributed by atoms with van der Waals surface area (Å²) in [5.74, 6) is 0.0814. The maximum absolute atomic E-state index is 12.0. The van der Waals surface area contributed by atoms with Gasteiger partial charge in [0.25, 0.3) is 0 Å². The van der Waals surface area contributed by atoms with E-state index in [1.165, 1.54) is 0 Å². The van der Waals surface area contributed by atoms with Gasteiger partial charge in [-0.3, -0.25) is 9.36 Å². The molecular formula is C15H18NO4P. The zero-order valence-corrected chi connectivity index (χ0v) is 13.0. The summed E-state index contributed by atoms with van der Waals surface area (Å²) >= 11 is 0. The van der Waals surface area contributed by atoms with E-state index < -0.39 is 20.2 Å². The van der Waals surface area contributed by atoms with E-state index in [4.69, 9.17) is 9.26 Å². The highest BCUT2D eigenvalue weighted by Crippen LogP contribution is 2.31. The molecule has 2 rings (SSSR count). The van der Waals surface area contributed by atoms with Crippen LogP contribution in [0.1, 0.15) is 13.8 Å². The molecule has 21 heavy (non-hydrogen) atoms. The van der Waals surface area contributed by atoms with Crippen molar-refractivity contribution in [1.29, 1.82) is 0 Å². The number of ether oxygens (including phenoxy) is 1. The molecule has 1 N–H and O–H groups in total. The molecule has 2 aromatic carbocycles. The van der Waals surface area contributed by atoms with Crippen LogP contribution in [0.15, 0.2) is 42.5 Å². The number of carbonyl (C=O) groups is 1. The Morgan fingerprint density at radius 2 is 1.95 bits per heavy atom. The molecule has 2 aromatic rings. The lowest BCUT2D eigenvalue weighted by atomic mass is 10.1. The minimum absolute atomic E-state index is 0.288. The quantitative estimate of drug-likeness (QED) is 0.656. The summed E-state index contributed by atoms with van der Waals surface area (Å²) in [4.78, 5) is 11.5. The second-order valence-electron chi connectivity index (χ2n) is 4.48. The number of esters is 1. The van der Waals surface area contributed by atoms with Crippen molar-refractivity contribution in [3.63, 3.8) is 0 Å². The van der Waals surface area contributed by atoms with Crippen molar-refractivity contribution < 1.29 is 18.6 Å². The largest absolute Gasteiger partial charge is 0.465 e. The Hall–Kier alpha value is -1.84. The van der Waals surface area contributed by atoms with E-state index >= 15 is 0 Å². The maximum atomic E-state index is 12.0. The first-order valence-corrected chi connectivity index (χ1v) is 8.06. The van der Waals surface area contributed by atoms with Crippen molar-refractivity contribution in [2.45, 2.75) is 19.9 Å². The van der Waals surface area contributed by atoms with Gasteiger partial charge in [0, 0.05) is 5.39 Å². The van der Waals surface area contributed by atoms with Gasteiger partial charge in [-0.15, -0.1) is 0 Å². The van der Waals surface area contributed by atoms with Gasteiger partial charge < -0.3 is 9.26 Å². The number of hydrogen-bond donors (Lipinski definition) is 1. The van der Waals surface area contributed by atoms with Crippen LogP contribution in [0.4, 0.5) is 0 Å². The predicted octanol–water partition coefficient (Wildman–Crippen LogP) is 3.15. The second kappa shape index (κ2) is 7.25. The van der Waals surface area contributed by atoms with Crippen molar-refractivity contribution >= 4 is 24.9 Å². The van der Waals surface area contributed by atoms with Crippen molar-refractivity contribution in [3.8, 4) is 5.75 Å². The summed E-state index contributed by atoms with van der Waals surface area (Å²) < 4.78 is 22.3. The van der Waals surface area contributed by atoms with E-state index in [2.05, 4.69) is 5.09 Å². The summed E-state index contributed by atoms with van der Waals surface area (Å²) in [5.41, 5.74) is 0. The molecule has 0 aliphatic rings. The van der Waals surface area contributed by atoms with Gasteiger partial charge in [-0.1, -0.05) is 36.4 Å². The van der Waals surface area contributed by atoms with E-state index in [-0.39, 0.29) is 6.61 Å². The Labute approximate surface area is 124 Å². The summed E-state index contributed by atoms with van der Waals surface area (Å²) in [6, 6.07) is 12.5. The normalized spacial score (nSPS) is 13.6. The summed E-state index contributed by atoms with van der Waals surface area (Å²) in [6.45, 7) is 3.60. The van der Waals surface area contributed by atoms with E-state index in [1.54, 1.807) is 19.9 Å². The summed E-state index contributed by atoms with van der Waals surface area (Å²) in [5, 5.41) is 4.51. The number of benzene rings is 2. The van der Waals surface area contributed by atoms with Crippen LogP contribution in [-0.4, -0.2) is 18.6 Å². The van der Waals surface area contributed by atoms with E-state index in [0.29, 0.717) is 5.75 Å². The number of hydrogen-bond acceptors (Lipinski definition) is 4. The first-order chi connectivity index (χ1) is 10.1. The molecule has 0 aromatic heterocycles. The highest BCUT2D eigenvalue weighted by molar-refractivity contribution is 7.37. The SMILES string of the molecule is CCOC(=O)[C@H](C)N[PH](=O)Oc1cccc2ccccc12. The van der Waals surface area contributed by atoms with Gasteiger partial charge in [0.15, 0.2) is 0 Å². The molecule has 0 bridgehead atoms. The lowest BCUT2D eigenvalue weighted by molar-refractivity contribution is -0.144. The monoisotopic (exact) mass is 307 g/mol. The molecule has 2 atom stereocenters. The molecule has 0 aliphatic heterocycles. The van der Waals surface area contributed by atoms with E-state index in [9.17, 15) is 9.36 Å². The number of nitrogens with one attached hydrogen (secondary N) is 1. The second-order valence-corrected chi connectivity index (χ2v) is 5.55. The molecule has 0 heterocycles. The third-order valence-corrected chi connectivity index (χ3v) is 4.00. The molecule has 0 spiro atoms. The molecule has 0 aliphatic carbocycles. The topological polar surface area (TPSA) is 64.6 Å². The Morgan fingerprint density at radius 3 is 2.71 bits per heavy atom. The average molecular weight is 307 g/mol. The van der Waals surface area contributed by atoms with E-state index in [0.717, 1.165) is 10.8 Å². The van der Waals surface area contributed by atoms with Crippen molar-refractivity contribution in [3.05, 3.63) is 42.5 Å². The number of rotatable bonds is 6. The molecule has 112 valence electrons. The highest BCUT2D eigenvalue weighted by Gasteiger charge is 2.17.